The molecule has 1 unspecified atom stereocenters. The van der Waals surface area contributed by atoms with Gasteiger partial charge in [-0.15, -0.1) is 0 Å². The molecule has 1 aliphatic rings. The number of likely N-dealkylation sites (N-methyl/N-ethyl adjacent to an activating group) is 1. The van der Waals surface area contributed by atoms with Gasteiger partial charge in [0.2, 0.25) is 10.0 Å². The Labute approximate surface area is 128 Å². The van der Waals surface area contributed by atoms with Gasteiger partial charge in [0, 0.05) is 31.7 Å². The van der Waals surface area contributed by atoms with E-state index in [-0.39, 0.29) is 22.2 Å². The van der Waals surface area contributed by atoms with Gasteiger partial charge in [0.1, 0.15) is 10.7 Å². The zero-order valence-electron chi connectivity index (χ0n) is 11.7. The lowest BCUT2D eigenvalue weighted by Gasteiger charge is -2.38. The Bertz CT molecular complexity index is 573. The molecular formula is C12H20BrN3O3S. The fourth-order valence-electron chi connectivity index (χ4n) is 2.46. The van der Waals surface area contributed by atoms with E-state index in [0.717, 1.165) is 13.1 Å². The van der Waals surface area contributed by atoms with Gasteiger partial charge < -0.3 is 10.2 Å². The molecule has 2 rings (SSSR count). The molecule has 8 heteroatoms. The van der Waals surface area contributed by atoms with E-state index in [2.05, 4.69) is 27.8 Å². The Hall–Kier alpha value is -0.410. The molecule has 1 aromatic heterocycles. The van der Waals surface area contributed by atoms with Gasteiger partial charge in [0.25, 0.3) is 0 Å². The van der Waals surface area contributed by atoms with Crippen LogP contribution in [0.15, 0.2) is 20.0 Å². The van der Waals surface area contributed by atoms with Crippen LogP contribution in [0.1, 0.15) is 19.6 Å². The van der Waals surface area contributed by atoms with Gasteiger partial charge in [-0.25, -0.2) is 8.42 Å². The predicted octanol–water partition coefficient (Wildman–Crippen LogP) is 1.22. The normalized spacial score (nSPS) is 22.3. The minimum atomic E-state index is -3.54. The third-order valence-corrected chi connectivity index (χ3v) is 6.38. The molecule has 2 heterocycles. The van der Waals surface area contributed by atoms with Crippen molar-refractivity contribution in [2.75, 3.05) is 26.2 Å². The summed E-state index contributed by atoms with van der Waals surface area (Å²) in [5.74, 6) is 0.454. The van der Waals surface area contributed by atoms with Crippen molar-refractivity contribution in [2.45, 2.75) is 31.3 Å². The molecule has 0 saturated carbocycles. The molecule has 0 radical (unpaired) electrons. The van der Waals surface area contributed by atoms with E-state index >= 15 is 0 Å². The number of rotatable bonds is 4. The number of hydrogen-bond donors (Lipinski definition) is 1. The van der Waals surface area contributed by atoms with Gasteiger partial charge in [0.05, 0.1) is 6.54 Å². The SMILES string of the molecule is CCN1CCN(S(=O)(=O)c2cc(CN)oc2Br)CC1C. The lowest BCUT2D eigenvalue weighted by atomic mass is 10.2. The van der Waals surface area contributed by atoms with Crippen molar-refractivity contribution in [3.63, 3.8) is 0 Å². The minimum Gasteiger partial charge on any atom is -0.452 e. The van der Waals surface area contributed by atoms with Crippen LogP contribution in [-0.4, -0.2) is 49.8 Å². The molecule has 0 spiro atoms. The summed E-state index contributed by atoms with van der Waals surface area (Å²) in [4.78, 5) is 2.43. The molecule has 1 aromatic rings. The maximum Gasteiger partial charge on any atom is 0.247 e. The Balaban J connectivity index is 2.25. The summed E-state index contributed by atoms with van der Waals surface area (Å²) in [5.41, 5.74) is 5.48. The third-order valence-electron chi connectivity index (χ3n) is 3.66. The van der Waals surface area contributed by atoms with E-state index < -0.39 is 10.0 Å². The fraction of sp³-hybridized carbons (Fsp3) is 0.667. The lowest BCUT2D eigenvalue weighted by molar-refractivity contribution is 0.135. The maximum absolute atomic E-state index is 12.7. The van der Waals surface area contributed by atoms with E-state index in [1.165, 1.54) is 10.4 Å². The molecule has 1 fully saturated rings. The zero-order chi connectivity index (χ0) is 14.9. The summed E-state index contributed by atoms with van der Waals surface area (Å²) in [6, 6.07) is 1.71. The molecule has 0 aromatic carbocycles. The number of piperazine rings is 1. The van der Waals surface area contributed by atoms with E-state index in [4.69, 9.17) is 10.2 Å². The molecule has 6 nitrogen and oxygen atoms in total. The molecule has 114 valence electrons. The first kappa shape index (κ1) is 16.0. The molecule has 0 aliphatic carbocycles. The number of hydrogen-bond acceptors (Lipinski definition) is 5. The first-order valence-electron chi connectivity index (χ1n) is 6.62. The Morgan fingerprint density at radius 3 is 2.70 bits per heavy atom. The largest absolute Gasteiger partial charge is 0.452 e. The summed E-state index contributed by atoms with van der Waals surface area (Å²) in [6.45, 7) is 6.97. The topological polar surface area (TPSA) is 79.8 Å². The van der Waals surface area contributed by atoms with Crippen molar-refractivity contribution >= 4 is 26.0 Å². The first-order chi connectivity index (χ1) is 9.40. The number of halogens is 1. The van der Waals surface area contributed by atoms with Crippen molar-refractivity contribution in [2.24, 2.45) is 5.73 Å². The van der Waals surface area contributed by atoms with Crippen LogP contribution in [0.4, 0.5) is 0 Å². The summed E-state index contributed by atoms with van der Waals surface area (Å²) < 4.78 is 32.3. The van der Waals surface area contributed by atoms with Gasteiger partial charge in [-0.2, -0.15) is 4.31 Å². The van der Waals surface area contributed by atoms with Crippen LogP contribution in [0.5, 0.6) is 0 Å². The second kappa shape index (κ2) is 6.15. The zero-order valence-corrected chi connectivity index (χ0v) is 14.1. The van der Waals surface area contributed by atoms with Crippen LogP contribution in [-0.2, 0) is 16.6 Å². The maximum atomic E-state index is 12.7. The molecule has 1 atom stereocenters. The van der Waals surface area contributed by atoms with Gasteiger partial charge >= 0.3 is 0 Å². The molecule has 0 bridgehead atoms. The summed E-state index contributed by atoms with van der Waals surface area (Å²) in [5, 5.41) is 0. The van der Waals surface area contributed by atoms with E-state index in [9.17, 15) is 8.42 Å². The second-order valence-electron chi connectivity index (χ2n) is 4.90. The molecule has 1 saturated heterocycles. The van der Waals surface area contributed by atoms with Crippen LogP contribution in [0, 0.1) is 0 Å². The standard InChI is InChI=1S/C12H20BrN3O3S/c1-3-15-4-5-16(8-9(15)2)20(17,18)11-6-10(7-14)19-12(11)13/h6,9H,3-5,7-8,14H2,1-2H3. The Morgan fingerprint density at radius 2 is 2.20 bits per heavy atom. The van der Waals surface area contributed by atoms with Crippen LogP contribution < -0.4 is 5.73 Å². The number of nitrogens with zero attached hydrogens (tertiary/aromatic N) is 2. The lowest BCUT2D eigenvalue weighted by Crippen LogP contribution is -2.53. The number of furan rings is 1. The van der Waals surface area contributed by atoms with Gasteiger partial charge in [-0.3, -0.25) is 4.90 Å². The highest BCUT2D eigenvalue weighted by Gasteiger charge is 2.34. The second-order valence-corrected chi connectivity index (χ2v) is 7.52. The van der Waals surface area contributed by atoms with Crippen molar-refractivity contribution in [1.82, 2.24) is 9.21 Å². The summed E-state index contributed by atoms with van der Waals surface area (Å²) >= 11 is 3.16. The van der Waals surface area contributed by atoms with Crippen molar-refractivity contribution < 1.29 is 12.8 Å². The monoisotopic (exact) mass is 365 g/mol. The van der Waals surface area contributed by atoms with Crippen molar-refractivity contribution in [3.8, 4) is 0 Å². The third kappa shape index (κ3) is 2.94. The number of nitrogens with two attached hydrogens (primary N) is 1. The molecule has 1 aliphatic heterocycles. The molecular weight excluding hydrogens is 346 g/mol. The quantitative estimate of drug-likeness (QED) is 0.867. The van der Waals surface area contributed by atoms with Crippen molar-refractivity contribution in [3.05, 3.63) is 16.5 Å². The van der Waals surface area contributed by atoms with Crippen LogP contribution in [0.25, 0.3) is 0 Å². The Morgan fingerprint density at radius 1 is 1.50 bits per heavy atom. The number of sulfonamides is 1. The van der Waals surface area contributed by atoms with Crippen LogP contribution >= 0.6 is 15.9 Å². The van der Waals surface area contributed by atoms with E-state index in [1.807, 2.05) is 6.92 Å². The highest BCUT2D eigenvalue weighted by Crippen LogP contribution is 2.29. The van der Waals surface area contributed by atoms with Gasteiger partial charge in [-0.1, -0.05) is 6.92 Å². The highest BCUT2D eigenvalue weighted by atomic mass is 79.9. The van der Waals surface area contributed by atoms with Gasteiger partial charge in [-0.05, 0) is 29.4 Å². The van der Waals surface area contributed by atoms with Crippen LogP contribution in [0.3, 0.4) is 0 Å². The Kier molecular flexibility index (Phi) is 4.91. The average Bonchev–Trinajstić information content (AvgIpc) is 2.80. The average molecular weight is 366 g/mol. The molecule has 0 amide bonds. The van der Waals surface area contributed by atoms with E-state index in [0.29, 0.717) is 18.8 Å². The van der Waals surface area contributed by atoms with E-state index in [1.54, 1.807) is 0 Å². The molecule has 2 N–H and O–H groups in total. The molecule has 20 heavy (non-hydrogen) atoms. The predicted molar refractivity (Wildman–Crippen MR) is 79.8 cm³/mol. The van der Waals surface area contributed by atoms with Crippen molar-refractivity contribution in [1.29, 1.82) is 0 Å². The highest BCUT2D eigenvalue weighted by molar-refractivity contribution is 9.10. The van der Waals surface area contributed by atoms with Crippen LogP contribution in [0.2, 0.25) is 0 Å². The smallest absolute Gasteiger partial charge is 0.247 e. The van der Waals surface area contributed by atoms with Gasteiger partial charge in [0.15, 0.2) is 4.67 Å². The summed E-state index contributed by atoms with van der Waals surface area (Å²) in [6.07, 6.45) is 0. The first-order valence-corrected chi connectivity index (χ1v) is 8.86. The minimum absolute atomic E-state index is 0.162. The summed E-state index contributed by atoms with van der Waals surface area (Å²) in [7, 11) is -3.54. The fourth-order valence-corrected chi connectivity index (χ4v) is 4.94.